The molecule has 0 aromatic heterocycles. The van der Waals surface area contributed by atoms with Crippen LogP contribution in [0.25, 0.3) is 0 Å². The Hall–Kier alpha value is -3.15. The van der Waals surface area contributed by atoms with Crippen molar-refractivity contribution in [3.8, 4) is 0 Å². The monoisotopic (exact) mass is 379 g/mol. The van der Waals surface area contributed by atoms with Gasteiger partial charge in [-0.25, -0.2) is 0 Å². The fraction of sp³-hybridized carbons (Fsp3) is 0.318. The molecule has 0 spiro atoms. The van der Waals surface area contributed by atoms with Crippen molar-refractivity contribution in [3.63, 3.8) is 0 Å². The Morgan fingerprint density at radius 2 is 1.21 bits per heavy atom. The summed E-state index contributed by atoms with van der Waals surface area (Å²) in [5.41, 5.74) is 2.39. The molecule has 0 aliphatic carbocycles. The zero-order valence-electron chi connectivity index (χ0n) is 16.0. The second-order valence-corrected chi connectivity index (χ2v) is 7.00. The van der Waals surface area contributed by atoms with Gasteiger partial charge in [0.25, 0.3) is 11.8 Å². The lowest BCUT2D eigenvalue weighted by Crippen LogP contribution is -2.31. The molecule has 3 amide bonds. The van der Waals surface area contributed by atoms with Gasteiger partial charge >= 0.3 is 0 Å². The van der Waals surface area contributed by atoms with E-state index in [9.17, 15) is 14.4 Å². The van der Waals surface area contributed by atoms with Gasteiger partial charge in [0, 0.05) is 42.5 Å². The predicted octanol–water partition coefficient (Wildman–Crippen LogP) is 3.91. The summed E-state index contributed by atoms with van der Waals surface area (Å²) in [5, 5.41) is 5.49. The van der Waals surface area contributed by atoms with Crippen LogP contribution in [0, 0.1) is 0 Å². The Kier molecular flexibility index (Phi) is 6.42. The Balaban J connectivity index is 1.61. The molecule has 2 aromatic rings. The highest BCUT2D eigenvalue weighted by atomic mass is 16.2. The van der Waals surface area contributed by atoms with E-state index in [4.69, 9.17) is 0 Å². The SMILES string of the molecule is CC(=O)Nc1ccc(NC(=O)c2ccc(C(=O)N3CCCCCC3)cc2)cc1. The minimum Gasteiger partial charge on any atom is -0.339 e. The van der Waals surface area contributed by atoms with Crippen LogP contribution in [0.4, 0.5) is 11.4 Å². The van der Waals surface area contributed by atoms with Gasteiger partial charge in [-0.05, 0) is 61.4 Å². The van der Waals surface area contributed by atoms with Crippen molar-refractivity contribution >= 4 is 29.1 Å². The van der Waals surface area contributed by atoms with Crippen LogP contribution in [0.15, 0.2) is 48.5 Å². The summed E-state index contributed by atoms with van der Waals surface area (Å²) in [6.07, 6.45) is 4.45. The number of rotatable bonds is 4. The lowest BCUT2D eigenvalue weighted by molar-refractivity contribution is -0.114. The first kappa shape index (κ1) is 19.6. The van der Waals surface area contributed by atoms with Gasteiger partial charge in [-0.15, -0.1) is 0 Å². The maximum Gasteiger partial charge on any atom is 0.255 e. The molecule has 1 heterocycles. The molecule has 6 heteroatoms. The maximum atomic E-state index is 12.6. The van der Waals surface area contributed by atoms with Gasteiger partial charge in [-0.3, -0.25) is 14.4 Å². The number of amides is 3. The summed E-state index contributed by atoms with van der Waals surface area (Å²) in [4.78, 5) is 38.0. The fourth-order valence-electron chi connectivity index (χ4n) is 3.26. The molecule has 0 saturated carbocycles. The molecule has 1 fully saturated rings. The molecule has 1 aliphatic rings. The van der Waals surface area contributed by atoms with Crippen LogP contribution in [0.3, 0.4) is 0 Å². The quantitative estimate of drug-likeness (QED) is 0.845. The molecular formula is C22H25N3O3. The summed E-state index contributed by atoms with van der Waals surface area (Å²) >= 11 is 0. The summed E-state index contributed by atoms with van der Waals surface area (Å²) in [5.74, 6) is -0.366. The Morgan fingerprint density at radius 1 is 0.714 bits per heavy atom. The third kappa shape index (κ3) is 5.19. The van der Waals surface area contributed by atoms with Crippen molar-refractivity contribution in [3.05, 3.63) is 59.7 Å². The number of likely N-dealkylation sites (tertiary alicyclic amines) is 1. The first-order valence-corrected chi connectivity index (χ1v) is 9.61. The smallest absolute Gasteiger partial charge is 0.255 e. The van der Waals surface area contributed by atoms with Crippen LogP contribution in [0.2, 0.25) is 0 Å². The van der Waals surface area contributed by atoms with Crippen molar-refractivity contribution < 1.29 is 14.4 Å². The molecule has 3 rings (SSSR count). The van der Waals surface area contributed by atoms with Crippen molar-refractivity contribution in [1.29, 1.82) is 0 Å². The van der Waals surface area contributed by atoms with Gasteiger partial charge in [0.1, 0.15) is 0 Å². The van der Waals surface area contributed by atoms with Crippen LogP contribution in [0.5, 0.6) is 0 Å². The number of anilines is 2. The van der Waals surface area contributed by atoms with Crippen LogP contribution in [0.1, 0.15) is 53.3 Å². The standard InChI is InChI=1S/C22H25N3O3/c1-16(26)23-19-10-12-20(13-11-19)24-21(27)17-6-8-18(9-7-17)22(28)25-14-4-2-3-5-15-25/h6-13H,2-5,14-15H2,1H3,(H,23,26)(H,24,27). The third-order valence-corrected chi connectivity index (χ3v) is 4.75. The van der Waals surface area contributed by atoms with E-state index in [1.807, 2.05) is 4.90 Å². The van der Waals surface area contributed by atoms with E-state index in [0.29, 0.717) is 22.5 Å². The van der Waals surface area contributed by atoms with E-state index in [1.54, 1.807) is 48.5 Å². The molecule has 0 bridgehead atoms. The van der Waals surface area contributed by atoms with Crippen molar-refractivity contribution in [2.45, 2.75) is 32.6 Å². The van der Waals surface area contributed by atoms with Gasteiger partial charge in [-0.2, -0.15) is 0 Å². The minimum absolute atomic E-state index is 0.0300. The number of benzene rings is 2. The molecular weight excluding hydrogens is 354 g/mol. The number of nitrogens with one attached hydrogen (secondary N) is 2. The number of hydrogen-bond acceptors (Lipinski definition) is 3. The first-order valence-electron chi connectivity index (χ1n) is 9.61. The molecule has 0 radical (unpaired) electrons. The molecule has 146 valence electrons. The molecule has 0 atom stereocenters. The van der Waals surface area contributed by atoms with Gasteiger partial charge in [-0.1, -0.05) is 12.8 Å². The lowest BCUT2D eigenvalue weighted by Gasteiger charge is -2.20. The Bertz CT molecular complexity index is 836. The Labute approximate surface area is 164 Å². The number of carbonyl (C=O) groups excluding carboxylic acids is 3. The number of hydrogen-bond donors (Lipinski definition) is 2. The van der Waals surface area contributed by atoms with E-state index in [0.717, 1.165) is 25.9 Å². The van der Waals surface area contributed by atoms with E-state index in [-0.39, 0.29) is 17.7 Å². The third-order valence-electron chi connectivity index (χ3n) is 4.75. The number of nitrogens with zero attached hydrogens (tertiary/aromatic N) is 1. The highest BCUT2D eigenvalue weighted by Crippen LogP contribution is 2.16. The largest absolute Gasteiger partial charge is 0.339 e. The van der Waals surface area contributed by atoms with Crippen LogP contribution in [-0.2, 0) is 4.79 Å². The first-order chi connectivity index (χ1) is 13.5. The zero-order valence-corrected chi connectivity index (χ0v) is 16.0. The summed E-state index contributed by atoms with van der Waals surface area (Å²) in [6, 6.07) is 13.7. The topological polar surface area (TPSA) is 78.5 Å². The van der Waals surface area contributed by atoms with Gasteiger partial charge < -0.3 is 15.5 Å². The zero-order chi connectivity index (χ0) is 19.9. The van der Waals surface area contributed by atoms with Crippen LogP contribution >= 0.6 is 0 Å². The fourth-order valence-corrected chi connectivity index (χ4v) is 3.26. The van der Waals surface area contributed by atoms with E-state index in [1.165, 1.54) is 19.8 Å². The minimum atomic E-state index is -0.249. The van der Waals surface area contributed by atoms with Crippen LogP contribution in [-0.4, -0.2) is 35.7 Å². The summed E-state index contributed by atoms with van der Waals surface area (Å²) in [6.45, 7) is 3.04. The second-order valence-electron chi connectivity index (χ2n) is 7.00. The lowest BCUT2D eigenvalue weighted by atomic mass is 10.1. The second kappa shape index (κ2) is 9.17. The highest BCUT2D eigenvalue weighted by molar-refractivity contribution is 6.05. The molecule has 0 unspecified atom stereocenters. The molecule has 6 nitrogen and oxygen atoms in total. The van der Waals surface area contributed by atoms with Gasteiger partial charge in [0.15, 0.2) is 0 Å². The molecule has 2 N–H and O–H groups in total. The Morgan fingerprint density at radius 3 is 1.75 bits per heavy atom. The maximum absolute atomic E-state index is 12.6. The van der Waals surface area contributed by atoms with Crippen LogP contribution < -0.4 is 10.6 Å². The molecule has 28 heavy (non-hydrogen) atoms. The van der Waals surface area contributed by atoms with E-state index in [2.05, 4.69) is 10.6 Å². The summed E-state index contributed by atoms with van der Waals surface area (Å²) < 4.78 is 0. The van der Waals surface area contributed by atoms with E-state index >= 15 is 0 Å². The summed E-state index contributed by atoms with van der Waals surface area (Å²) in [7, 11) is 0. The normalized spacial score (nSPS) is 14.1. The van der Waals surface area contributed by atoms with Crippen molar-refractivity contribution in [2.24, 2.45) is 0 Å². The van der Waals surface area contributed by atoms with Gasteiger partial charge in [0.05, 0.1) is 0 Å². The van der Waals surface area contributed by atoms with Crippen molar-refractivity contribution in [2.75, 3.05) is 23.7 Å². The average Bonchev–Trinajstić information content (AvgIpc) is 2.98. The molecule has 1 saturated heterocycles. The average molecular weight is 379 g/mol. The van der Waals surface area contributed by atoms with E-state index < -0.39 is 0 Å². The highest BCUT2D eigenvalue weighted by Gasteiger charge is 2.17. The molecule has 1 aliphatic heterocycles. The predicted molar refractivity (Wildman–Crippen MR) is 110 cm³/mol. The molecule has 2 aromatic carbocycles. The van der Waals surface area contributed by atoms with Crippen molar-refractivity contribution in [1.82, 2.24) is 4.90 Å². The van der Waals surface area contributed by atoms with Gasteiger partial charge in [0.2, 0.25) is 5.91 Å². The number of carbonyl (C=O) groups is 3.